The van der Waals surface area contributed by atoms with Gasteiger partial charge in [0.2, 0.25) is 0 Å². The van der Waals surface area contributed by atoms with Crippen LogP contribution in [0.25, 0.3) is 5.69 Å². The monoisotopic (exact) mass is 361 g/mol. The fourth-order valence-corrected chi connectivity index (χ4v) is 3.49. The van der Waals surface area contributed by atoms with Crippen molar-refractivity contribution in [1.82, 2.24) is 14.7 Å². The van der Waals surface area contributed by atoms with Crippen LogP contribution in [0.5, 0.6) is 0 Å². The third-order valence-corrected chi connectivity index (χ3v) is 4.69. The van der Waals surface area contributed by atoms with Crippen molar-refractivity contribution in [3.8, 4) is 5.69 Å². The minimum absolute atomic E-state index is 0.148. The Kier molecular flexibility index (Phi) is 4.81. The predicted octanol–water partition coefficient (Wildman–Crippen LogP) is 3.02. The molecule has 1 N–H and O–H groups in total. The number of amides is 1. The van der Waals surface area contributed by atoms with Gasteiger partial charge in [-0.3, -0.25) is 9.59 Å². The zero-order valence-electron chi connectivity index (χ0n) is 14.1. The summed E-state index contributed by atoms with van der Waals surface area (Å²) in [6.07, 6.45) is 0.592. The molecule has 2 unspecified atom stereocenters. The maximum atomic E-state index is 12.8. The van der Waals surface area contributed by atoms with E-state index in [0.717, 1.165) is 11.4 Å². The molecule has 0 radical (unpaired) electrons. The summed E-state index contributed by atoms with van der Waals surface area (Å²) in [4.78, 5) is 25.7. The van der Waals surface area contributed by atoms with Crippen LogP contribution < -0.4 is 0 Å². The number of hydrogen-bond acceptors (Lipinski definition) is 3. The minimum Gasteiger partial charge on any atom is -0.481 e. The number of aliphatic carboxylic acids is 1. The molecule has 1 aromatic heterocycles. The Morgan fingerprint density at radius 2 is 2.04 bits per heavy atom. The zero-order valence-corrected chi connectivity index (χ0v) is 14.9. The highest BCUT2D eigenvalue weighted by atomic mass is 35.5. The van der Waals surface area contributed by atoms with Crippen LogP contribution in [0.1, 0.15) is 29.5 Å². The molecule has 0 aliphatic carbocycles. The van der Waals surface area contributed by atoms with Gasteiger partial charge in [-0.05, 0) is 43.5 Å². The average Bonchev–Trinajstić information content (AvgIpc) is 2.95. The number of halogens is 1. The van der Waals surface area contributed by atoms with E-state index in [1.54, 1.807) is 27.8 Å². The Morgan fingerprint density at radius 3 is 2.72 bits per heavy atom. The lowest BCUT2D eigenvalue weighted by Gasteiger charge is -2.34. The summed E-state index contributed by atoms with van der Waals surface area (Å²) in [5.74, 6) is -1.47. The van der Waals surface area contributed by atoms with Gasteiger partial charge in [-0.1, -0.05) is 24.6 Å². The maximum Gasteiger partial charge on any atom is 0.308 e. The van der Waals surface area contributed by atoms with Crippen molar-refractivity contribution in [2.45, 2.75) is 20.3 Å². The van der Waals surface area contributed by atoms with Gasteiger partial charge >= 0.3 is 5.97 Å². The topological polar surface area (TPSA) is 75.4 Å². The molecule has 1 amide bonds. The molecule has 1 saturated heterocycles. The number of aryl methyl sites for hydroxylation is 1. The van der Waals surface area contributed by atoms with Gasteiger partial charge in [0, 0.05) is 23.8 Å². The van der Waals surface area contributed by atoms with E-state index in [9.17, 15) is 14.7 Å². The summed E-state index contributed by atoms with van der Waals surface area (Å²) >= 11 is 6.03. The van der Waals surface area contributed by atoms with Crippen LogP contribution in [0.3, 0.4) is 0 Å². The molecule has 1 fully saturated rings. The summed E-state index contributed by atoms with van der Waals surface area (Å²) in [6, 6.07) is 8.96. The number of piperidine rings is 1. The Hall–Kier alpha value is -2.34. The fraction of sp³-hybridized carbons (Fsp3) is 0.389. The van der Waals surface area contributed by atoms with Gasteiger partial charge in [0.15, 0.2) is 5.69 Å². The summed E-state index contributed by atoms with van der Waals surface area (Å²) in [5, 5.41) is 14.3. The first-order valence-electron chi connectivity index (χ1n) is 8.20. The third-order valence-electron chi connectivity index (χ3n) is 4.46. The van der Waals surface area contributed by atoms with E-state index in [2.05, 4.69) is 5.10 Å². The number of hydrogen-bond donors (Lipinski definition) is 1. The predicted molar refractivity (Wildman–Crippen MR) is 94.1 cm³/mol. The Labute approximate surface area is 151 Å². The van der Waals surface area contributed by atoms with Crippen molar-refractivity contribution >= 4 is 23.5 Å². The third kappa shape index (κ3) is 3.69. The molecule has 0 saturated carbocycles. The van der Waals surface area contributed by atoms with Gasteiger partial charge in [0.1, 0.15) is 0 Å². The Morgan fingerprint density at radius 1 is 1.28 bits per heavy atom. The molecule has 132 valence electrons. The second-order valence-corrected chi connectivity index (χ2v) is 7.09. The van der Waals surface area contributed by atoms with Crippen molar-refractivity contribution < 1.29 is 14.7 Å². The molecule has 7 heteroatoms. The van der Waals surface area contributed by atoms with Gasteiger partial charge in [-0.15, -0.1) is 0 Å². The molecule has 6 nitrogen and oxygen atoms in total. The standard InChI is InChI=1S/C18H20ClN3O3/c1-11-6-13(18(24)25)10-21(9-11)17(23)16-7-12(2)22(20-16)15-5-3-4-14(19)8-15/h3-5,7-8,11,13H,6,9-10H2,1-2H3,(H,24,25). The Balaban J connectivity index is 1.86. The lowest BCUT2D eigenvalue weighted by Crippen LogP contribution is -2.45. The summed E-state index contributed by atoms with van der Waals surface area (Å²) in [6.45, 7) is 4.60. The highest BCUT2D eigenvalue weighted by Gasteiger charge is 2.33. The summed E-state index contributed by atoms with van der Waals surface area (Å²) < 4.78 is 1.67. The van der Waals surface area contributed by atoms with Gasteiger partial charge < -0.3 is 10.0 Å². The van der Waals surface area contributed by atoms with Crippen LogP contribution in [0.2, 0.25) is 5.02 Å². The molecular formula is C18H20ClN3O3. The molecule has 2 aromatic rings. The van der Waals surface area contributed by atoms with E-state index >= 15 is 0 Å². The van der Waals surface area contributed by atoms with E-state index < -0.39 is 11.9 Å². The van der Waals surface area contributed by atoms with Crippen molar-refractivity contribution in [3.05, 3.63) is 46.7 Å². The van der Waals surface area contributed by atoms with Gasteiger partial charge in [0.05, 0.1) is 11.6 Å². The van der Waals surface area contributed by atoms with Gasteiger partial charge in [-0.2, -0.15) is 5.10 Å². The number of carboxylic acid groups (broad SMARTS) is 1. The normalized spacial score (nSPS) is 20.5. The van der Waals surface area contributed by atoms with Gasteiger partial charge in [0.25, 0.3) is 5.91 Å². The Bertz CT molecular complexity index is 818. The molecule has 3 rings (SSSR count). The van der Waals surface area contributed by atoms with E-state index in [1.807, 2.05) is 26.0 Å². The van der Waals surface area contributed by atoms with E-state index in [0.29, 0.717) is 23.7 Å². The second kappa shape index (κ2) is 6.88. The number of carbonyl (C=O) groups is 2. The number of nitrogens with zero attached hydrogens (tertiary/aromatic N) is 3. The van der Waals surface area contributed by atoms with Crippen LogP contribution in [0, 0.1) is 18.8 Å². The largest absolute Gasteiger partial charge is 0.481 e. The molecule has 2 heterocycles. The van der Waals surface area contributed by atoms with Crippen LogP contribution in [0.4, 0.5) is 0 Å². The molecule has 25 heavy (non-hydrogen) atoms. The highest BCUT2D eigenvalue weighted by Crippen LogP contribution is 2.24. The smallest absolute Gasteiger partial charge is 0.308 e. The summed E-state index contributed by atoms with van der Waals surface area (Å²) in [7, 11) is 0. The van der Waals surface area contributed by atoms with Crippen LogP contribution in [-0.2, 0) is 4.79 Å². The number of carboxylic acids is 1. The van der Waals surface area contributed by atoms with E-state index in [-0.39, 0.29) is 18.4 Å². The van der Waals surface area contributed by atoms with Crippen LogP contribution in [-0.4, -0.2) is 44.8 Å². The first kappa shape index (κ1) is 17.5. The maximum absolute atomic E-state index is 12.8. The van der Waals surface area contributed by atoms with Crippen LogP contribution in [0.15, 0.2) is 30.3 Å². The average molecular weight is 362 g/mol. The fourth-order valence-electron chi connectivity index (χ4n) is 3.31. The number of aromatic nitrogens is 2. The van der Waals surface area contributed by atoms with E-state index in [1.165, 1.54) is 0 Å². The van der Waals surface area contributed by atoms with Crippen LogP contribution >= 0.6 is 11.6 Å². The van der Waals surface area contributed by atoms with Crippen molar-refractivity contribution in [2.75, 3.05) is 13.1 Å². The van der Waals surface area contributed by atoms with Crippen molar-refractivity contribution in [1.29, 1.82) is 0 Å². The quantitative estimate of drug-likeness (QED) is 0.911. The zero-order chi connectivity index (χ0) is 18.1. The molecule has 0 bridgehead atoms. The lowest BCUT2D eigenvalue weighted by atomic mass is 9.90. The first-order chi connectivity index (χ1) is 11.8. The molecular weight excluding hydrogens is 342 g/mol. The second-order valence-electron chi connectivity index (χ2n) is 6.65. The minimum atomic E-state index is -0.856. The van der Waals surface area contributed by atoms with Crippen molar-refractivity contribution in [2.24, 2.45) is 11.8 Å². The van der Waals surface area contributed by atoms with Gasteiger partial charge in [-0.25, -0.2) is 4.68 Å². The molecule has 1 aromatic carbocycles. The van der Waals surface area contributed by atoms with Crippen molar-refractivity contribution in [3.63, 3.8) is 0 Å². The number of benzene rings is 1. The van der Waals surface area contributed by atoms with E-state index in [4.69, 9.17) is 11.6 Å². The lowest BCUT2D eigenvalue weighted by molar-refractivity contribution is -0.143. The number of carbonyl (C=O) groups excluding carboxylic acids is 1. The first-order valence-corrected chi connectivity index (χ1v) is 8.57. The highest BCUT2D eigenvalue weighted by molar-refractivity contribution is 6.30. The summed E-state index contributed by atoms with van der Waals surface area (Å²) in [5.41, 5.74) is 1.90. The molecule has 0 spiro atoms. The SMILES string of the molecule is Cc1cc(C(=O)N2CC(C)CC(C(=O)O)C2)nn1-c1cccc(Cl)c1. The molecule has 1 aliphatic rings. The molecule has 2 atom stereocenters. The number of rotatable bonds is 3. The number of likely N-dealkylation sites (tertiary alicyclic amines) is 1. The molecule has 1 aliphatic heterocycles.